The van der Waals surface area contributed by atoms with Gasteiger partial charge in [0, 0.05) is 0 Å². The third-order valence-electron chi connectivity index (χ3n) is 7.24. The Labute approximate surface area is 251 Å². The Kier molecular flexibility index (Phi) is 7.73. The van der Waals surface area contributed by atoms with Gasteiger partial charge in [0.25, 0.3) is 0 Å². The zero-order valence-electron chi connectivity index (χ0n) is 23.5. The molecule has 0 amide bonds. The van der Waals surface area contributed by atoms with Crippen molar-refractivity contribution < 1.29 is 33.3 Å². The summed E-state index contributed by atoms with van der Waals surface area (Å²) in [4.78, 5) is 52.5. The maximum absolute atomic E-state index is 13.5. The molecule has 44 heavy (non-hydrogen) atoms. The highest BCUT2D eigenvalue weighted by Crippen LogP contribution is 2.45. The molecule has 0 radical (unpaired) electrons. The summed E-state index contributed by atoms with van der Waals surface area (Å²) in [6, 6.07) is 25.1. The van der Waals surface area contributed by atoms with E-state index in [2.05, 4.69) is 15.0 Å². The number of hydrogen-bond donors (Lipinski definition) is 1. The van der Waals surface area contributed by atoms with Crippen molar-refractivity contribution in [2.45, 2.75) is 31.0 Å². The fourth-order valence-corrected chi connectivity index (χ4v) is 5.07. The van der Waals surface area contributed by atoms with E-state index < -0.39 is 41.9 Å². The summed E-state index contributed by atoms with van der Waals surface area (Å²) in [6.45, 7) is 1.25. The number of hydrogen-bond acceptors (Lipinski definition) is 11. The van der Waals surface area contributed by atoms with Gasteiger partial charge in [0.15, 0.2) is 23.6 Å². The van der Waals surface area contributed by atoms with Crippen LogP contribution in [0.3, 0.4) is 0 Å². The lowest BCUT2D eigenvalue weighted by molar-refractivity contribution is -0.108. The number of benzene rings is 3. The van der Waals surface area contributed by atoms with Gasteiger partial charge in [0.1, 0.15) is 18.2 Å². The second-order valence-corrected chi connectivity index (χ2v) is 10.2. The molecule has 12 nitrogen and oxygen atoms in total. The number of imidazole rings is 1. The molecule has 1 aliphatic rings. The molecule has 0 spiro atoms. The molecular formula is C32H27N5O7. The highest BCUT2D eigenvalue weighted by molar-refractivity contribution is 5.91. The van der Waals surface area contributed by atoms with Crippen LogP contribution in [0, 0.1) is 0 Å². The SMILES string of the molecule is C[C@]1(OC(=O)c2ccccc2)C(OC(=O)c2ccccc2)[C@@H](COC(=O)c2ccccc2)O[C@H]1n1cnc2cnc(N)nc21. The summed E-state index contributed by atoms with van der Waals surface area (Å²) in [5, 5.41) is 0. The zero-order chi connectivity index (χ0) is 30.7. The largest absolute Gasteiger partial charge is 0.459 e. The Balaban J connectivity index is 1.41. The van der Waals surface area contributed by atoms with Gasteiger partial charge < -0.3 is 24.7 Å². The first-order chi connectivity index (χ1) is 21.3. The monoisotopic (exact) mass is 593 g/mol. The van der Waals surface area contributed by atoms with Gasteiger partial charge in [-0.15, -0.1) is 0 Å². The molecule has 6 rings (SSSR count). The molecule has 1 aliphatic heterocycles. The second kappa shape index (κ2) is 11.9. The Morgan fingerprint density at radius 3 is 2.02 bits per heavy atom. The van der Waals surface area contributed by atoms with E-state index in [4.69, 9.17) is 24.7 Å². The van der Waals surface area contributed by atoms with E-state index in [1.54, 1.807) is 97.9 Å². The molecular weight excluding hydrogens is 566 g/mol. The topological polar surface area (TPSA) is 158 Å². The van der Waals surface area contributed by atoms with Crippen molar-refractivity contribution in [3.8, 4) is 0 Å². The van der Waals surface area contributed by atoms with E-state index in [9.17, 15) is 14.4 Å². The minimum Gasteiger partial charge on any atom is -0.459 e. The molecule has 1 fully saturated rings. The van der Waals surface area contributed by atoms with Crippen molar-refractivity contribution >= 4 is 35.0 Å². The summed E-state index contributed by atoms with van der Waals surface area (Å²) in [5.41, 5.74) is 5.74. The average molecular weight is 594 g/mol. The van der Waals surface area contributed by atoms with Gasteiger partial charge in [0.2, 0.25) is 5.95 Å². The molecule has 222 valence electrons. The molecule has 1 saturated heterocycles. The number of fused-ring (bicyclic) bond motifs is 1. The molecule has 1 unspecified atom stereocenters. The van der Waals surface area contributed by atoms with Crippen LogP contribution in [-0.4, -0.2) is 61.8 Å². The number of anilines is 1. The van der Waals surface area contributed by atoms with Crippen molar-refractivity contribution in [2.75, 3.05) is 12.3 Å². The van der Waals surface area contributed by atoms with Crippen LogP contribution < -0.4 is 5.73 Å². The van der Waals surface area contributed by atoms with Gasteiger partial charge in [-0.1, -0.05) is 54.6 Å². The number of ether oxygens (including phenoxy) is 4. The summed E-state index contributed by atoms with van der Waals surface area (Å²) in [5.74, 6) is -2.01. The van der Waals surface area contributed by atoms with Crippen molar-refractivity contribution in [3.63, 3.8) is 0 Å². The number of aromatic nitrogens is 4. The number of nitrogens with zero attached hydrogens (tertiary/aromatic N) is 4. The normalized spacial score (nSPS) is 21.1. The van der Waals surface area contributed by atoms with E-state index in [0.29, 0.717) is 16.7 Å². The lowest BCUT2D eigenvalue weighted by Crippen LogP contribution is -2.50. The Morgan fingerprint density at radius 2 is 1.41 bits per heavy atom. The molecule has 0 bridgehead atoms. The van der Waals surface area contributed by atoms with Crippen LogP contribution in [0.15, 0.2) is 104 Å². The number of rotatable bonds is 8. The molecule has 3 heterocycles. The van der Waals surface area contributed by atoms with Crippen molar-refractivity contribution in [1.29, 1.82) is 0 Å². The Morgan fingerprint density at radius 1 is 0.841 bits per heavy atom. The summed E-state index contributed by atoms with van der Waals surface area (Å²) < 4.78 is 25.8. The molecule has 3 aromatic carbocycles. The van der Waals surface area contributed by atoms with E-state index >= 15 is 0 Å². The van der Waals surface area contributed by atoms with Crippen molar-refractivity contribution in [3.05, 3.63) is 120 Å². The Hall–Kier alpha value is -5.62. The van der Waals surface area contributed by atoms with E-state index in [0.717, 1.165) is 0 Å². The predicted molar refractivity (Wildman–Crippen MR) is 156 cm³/mol. The first kappa shape index (κ1) is 28.5. The number of nitrogen functional groups attached to an aromatic ring is 1. The second-order valence-electron chi connectivity index (χ2n) is 10.2. The molecule has 5 aromatic rings. The van der Waals surface area contributed by atoms with Crippen LogP contribution in [-0.2, 0) is 18.9 Å². The number of carbonyl (C=O) groups is 3. The highest BCUT2D eigenvalue weighted by Gasteiger charge is 2.60. The third-order valence-corrected chi connectivity index (χ3v) is 7.24. The van der Waals surface area contributed by atoms with Gasteiger partial charge in [-0.05, 0) is 43.3 Å². The molecule has 2 aromatic heterocycles. The van der Waals surface area contributed by atoms with Gasteiger partial charge >= 0.3 is 17.9 Å². The number of esters is 3. The molecule has 0 saturated carbocycles. The molecule has 0 aliphatic carbocycles. The minimum absolute atomic E-state index is 0.0133. The lowest BCUT2D eigenvalue weighted by Gasteiger charge is -2.34. The van der Waals surface area contributed by atoms with Gasteiger partial charge in [-0.2, -0.15) is 4.98 Å². The van der Waals surface area contributed by atoms with Crippen LogP contribution in [0.4, 0.5) is 5.95 Å². The molecule has 12 heteroatoms. The fourth-order valence-electron chi connectivity index (χ4n) is 5.07. The van der Waals surface area contributed by atoms with Gasteiger partial charge in [-0.25, -0.2) is 24.4 Å². The van der Waals surface area contributed by atoms with E-state index in [1.807, 2.05) is 0 Å². The maximum Gasteiger partial charge on any atom is 0.338 e. The lowest BCUT2D eigenvalue weighted by atomic mass is 9.95. The standard InChI is InChI=1S/C32H27N5O7/c1-32(44-29(40)22-15-9-4-10-16-22)25(43-28(39)21-13-7-3-8-14-21)24(18-41-27(38)20-11-5-2-6-12-20)42-30(32)37-19-35-23-17-34-31(33)36-26(23)37/h2-17,19,24-25,30H,18H2,1H3,(H2,33,34,36)/t24-,25?,30-,32+/m1/s1. The molecule has 2 N–H and O–H groups in total. The van der Waals surface area contributed by atoms with Crippen LogP contribution >= 0.6 is 0 Å². The van der Waals surface area contributed by atoms with Gasteiger partial charge in [-0.3, -0.25) is 4.57 Å². The van der Waals surface area contributed by atoms with Crippen molar-refractivity contribution in [1.82, 2.24) is 19.5 Å². The molecule has 4 atom stereocenters. The summed E-state index contributed by atoms with van der Waals surface area (Å²) in [6.07, 6.45) is -0.600. The van der Waals surface area contributed by atoms with Crippen LogP contribution in [0.25, 0.3) is 11.2 Å². The highest BCUT2D eigenvalue weighted by atomic mass is 16.7. The number of carbonyl (C=O) groups excluding carboxylic acids is 3. The third kappa shape index (κ3) is 5.57. The first-order valence-electron chi connectivity index (χ1n) is 13.7. The van der Waals surface area contributed by atoms with E-state index in [1.165, 1.54) is 17.1 Å². The average Bonchev–Trinajstić information content (AvgIpc) is 3.58. The van der Waals surface area contributed by atoms with E-state index in [-0.39, 0.29) is 23.7 Å². The van der Waals surface area contributed by atoms with Crippen molar-refractivity contribution in [2.24, 2.45) is 0 Å². The Bertz CT molecular complexity index is 1800. The maximum atomic E-state index is 13.5. The van der Waals surface area contributed by atoms with Crippen LogP contribution in [0.2, 0.25) is 0 Å². The van der Waals surface area contributed by atoms with Crippen LogP contribution in [0.1, 0.15) is 44.2 Å². The fraction of sp³-hybridized carbons (Fsp3) is 0.188. The smallest absolute Gasteiger partial charge is 0.338 e. The predicted octanol–water partition coefficient (Wildman–Crippen LogP) is 4.00. The van der Waals surface area contributed by atoms with Gasteiger partial charge in [0.05, 0.1) is 29.2 Å². The van der Waals surface area contributed by atoms with Crippen LogP contribution in [0.5, 0.6) is 0 Å². The quantitative estimate of drug-likeness (QED) is 0.205. The summed E-state index contributed by atoms with van der Waals surface area (Å²) >= 11 is 0. The summed E-state index contributed by atoms with van der Waals surface area (Å²) in [7, 11) is 0. The first-order valence-corrected chi connectivity index (χ1v) is 13.7. The number of nitrogens with two attached hydrogens (primary N) is 1. The zero-order valence-corrected chi connectivity index (χ0v) is 23.5. The minimum atomic E-state index is -1.69.